The van der Waals surface area contributed by atoms with Gasteiger partial charge >= 0.3 is 0 Å². The SMILES string of the molecule is Cc1nnc(OC2CCC(C)C(C)C2)c(C(N)=S)c1C. The van der Waals surface area contributed by atoms with Crippen molar-refractivity contribution in [3.8, 4) is 5.88 Å². The van der Waals surface area contributed by atoms with Crippen molar-refractivity contribution < 1.29 is 4.74 Å². The lowest BCUT2D eigenvalue weighted by molar-refractivity contribution is 0.0952. The summed E-state index contributed by atoms with van der Waals surface area (Å²) in [5.74, 6) is 1.92. The van der Waals surface area contributed by atoms with E-state index in [1.807, 2.05) is 13.8 Å². The molecule has 0 amide bonds. The van der Waals surface area contributed by atoms with Crippen molar-refractivity contribution in [2.45, 2.75) is 53.1 Å². The minimum absolute atomic E-state index is 0.186. The first-order chi connectivity index (χ1) is 9.40. The van der Waals surface area contributed by atoms with E-state index in [1.165, 1.54) is 6.42 Å². The fourth-order valence-electron chi connectivity index (χ4n) is 2.72. The summed E-state index contributed by atoms with van der Waals surface area (Å²) in [5, 5.41) is 8.29. The lowest BCUT2D eigenvalue weighted by Crippen LogP contribution is -2.30. The molecular formula is C15H23N3OS. The van der Waals surface area contributed by atoms with Crippen molar-refractivity contribution in [2.24, 2.45) is 17.6 Å². The maximum Gasteiger partial charge on any atom is 0.244 e. The highest BCUT2D eigenvalue weighted by atomic mass is 32.1. The highest BCUT2D eigenvalue weighted by Gasteiger charge is 2.27. The van der Waals surface area contributed by atoms with Crippen LogP contribution < -0.4 is 10.5 Å². The molecule has 1 aliphatic rings. The molecule has 0 aromatic carbocycles. The zero-order valence-corrected chi connectivity index (χ0v) is 13.5. The van der Waals surface area contributed by atoms with Crippen LogP contribution in [0.5, 0.6) is 5.88 Å². The van der Waals surface area contributed by atoms with E-state index in [2.05, 4.69) is 24.0 Å². The molecule has 1 heterocycles. The molecule has 4 nitrogen and oxygen atoms in total. The maximum atomic E-state index is 6.06. The number of thiocarbonyl (C=S) groups is 1. The Morgan fingerprint density at radius 1 is 1.20 bits per heavy atom. The van der Waals surface area contributed by atoms with Crippen LogP contribution in [-0.4, -0.2) is 21.3 Å². The minimum atomic E-state index is 0.186. The second-order valence-electron chi connectivity index (χ2n) is 5.96. The molecule has 0 aliphatic heterocycles. The zero-order chi connectivity index (χ0) is 14.9. The van der Waals surface area contributed by atoms with Crippen LogP contribution >= 0.6 is 12.2 Å². The zero-order valence-electron chi connectivity index (χ0n) is 12.6. The van der Waals surface area contributed by atoms with Gasteiger partial charge in [0, 0.05) is 0 Å². The molecular weight excluding hydrogens is 270 g/mol. The summed E-state index contributed by atoms with van der Waals surface area (Å²) in [7, 11) is 0. The van der Waals surface area contributed by atoms with Gasteiger partial charge in [0.2, 0.25) is 5.88 Å². The van der Waals surface area contributed by atoms with Crippen LogP contribution in [0.1, 0.15) is 49.9 Å². The Morgan fingerprint density at radius 3 is 2.50 bits per heavy atom. The topological polar surface area (TPSA) is 61.0 Å². The van der Waals surface area contributed by atoms with E-state index in [0.29, 0.717) is 16.8 Å². The van der Waals surface area contributed by atoms with Crippen molar-refractivity contribution in [2.75, 3.05) is 0 Å². The van der Waals surface area contributed by atoms with Gasteiger partial charge in [0.05, 0.1) is 11.3 Å². The van der Waals surface area contributed by atoms with Crippen molar-refractivity contribution >= 4 is 17.2 Å². The Morgan fingerprint density at radius 2 is 1.90 bits per heavy atom. The first-order valence-corrected chi connectivity index (χ1v) is 7.61. The molecule has 0 radical (unpaired) electrons. The lowest BCUT2D eigenvalue weighted by atomic mass is 9.80. The van der Waals surface area contributed by atoms with Crippen LogP contribution in [0.2, 0.25) is 0 Å². The second-order valence-corrected chi connectivity index (χ2v) is 6.40. The molecule has 2 N–H and O–H groups in total. The molecule has 0 saturated heterocycles. The number of nitrogens with zero attached hydrogens (tertiary/aromatic N) is 2. The Bertz CT molecular complexity index is 518. The third-order valence-electron chi connectivity index (χ3n) is 4.50. The van der Waals surface area contributed by atoms with Gasteiger partial charge < -0.3 is 10.5 Å². The summed E-state index contributed by atoms with van der Waals surface area (Å²) in [6, 6.07) is 0. The molecule has 0 bridgehead atoms. The molecule has 3 unspecified atom stereocenters. The molecule has 1 aromatic heterocycles. The van der Waals surface area contributed by atoms with E-state index < -0.39 is 0 Å². The van der Waals surface area contributed by atoms with Gasteiger partial charge in [0.15, 0.2) is 0 Å². The van der Waals surface area contributed by atoms with Crippen molar-refractivity contribution in [1.29, 1.82) is 0 Å². The Kier molecular flexibility index (Phi) is 4.58. The molecule has 1 aromatic rings. The van der Waals surface area contributed by atoms with E-state index in [0.717, 1.165) is 35.6 Å². The van der Waals surface area contributed by atoms with E-state index in [1.54, 1.807) is 0 Å². The van der Waals surface area contributed by atoms with Crippen molar-refractivity contribution in [1.82, 2.24) is 10.2 Å². The van der Waals surface area contributed by atoms with Gasteiger partial charge in [-0.1, -0.05) is 26.1 Å². The average molecular weight is 293 g/mol. The van der Waals surface area contributed by atoms with E-state index >= 15 is 0 Å². The molecule has 3 atom stereocenters. The summed E-state index contributed by atoms with van der Waals surface area (Å²) >= 11 is 5.14. The third kappa shape index (κ3) is 3.08. The molecule has 1 aliphatic carbocycles. The number of rotatable bonds is 3. The molecule has 2 rings (SSSR count). The highest BCUT2D eigenvalue weighted by molar-refractivity contribution is 7.80. The summed E-state index contributed by atoms with van der Waals surface area (Å²) in [6.45, 7) is 8.44. The van der Waals surface area contributed by atoms with Crippen LogP contribution in [0.4, 0.5) is 0 Å². The van der Waals surface area contributed by atoms with E-state index in [9.17, 15) is 0 Å². The largest absolute Gasteiger partial charge is 0.473 e. The normalized spacial score (nSPS) is 26.3. The molecule has 5 heteroatoms. The standard InChI is InChI=1S/C15H23N3OS/c1-8-5-6-12(7-9(8)2)19-15-13(14(16)20)10(3)11(4)17-18-15/h8-9,12H,5-7H2,1-4H3,(H2,16,20). The number of aryl methyl sites for hydroxylation is 1. The van der Waals surface area contributed by atoms with Gasteiger partial charge in [-0.05, 0) is 50.5 Å². The Hall–Kier alpha value is -1.23. The minimum Gasteiger partial charge on any atom is -0.473 e. The average Bonchev–Trinajstić information content (AvgIpc) is 2.38. The number of ether oxygens (including phenoxy) is 1. The van der Waals surface area contributed by atoms with E-state index in [4.69, 9.17) is 22.7 Å². The number of aromatic nitrogens is 2. The molecule has 0 spiro atoms. The first kappa shape index (κ1) is 15.2. The molecule has 20 heavy (non-hydrogen) atoms. The lowest BCUT2D eigenvalue weighted by Gasteiger charge is -2.32. The Balaban J connectivity index is 2.22. The second kappa shape index (κ2) is 6.04. The quantitative estimate of drug-likeness (QED) is 0.868. The van der Waals surface area contributed by atoms with Crippen molar-refractivity contribution in [3.05, 3.63) is 16.8 Å². The fourth-order valence-corrected chi connectivity index (χ4v) is 2.96. The maximum absolute atomic E-state index is 6.06. The first-order valence-electron chi connectivity index (χ1n) is 7.20. The predicted octanol–water partition coefficient (Wildman–Crippen LogP) is 2.93. The number of hydrogen-bond donors (Lipinski definition) is 1. The Labute approximate surface area is 126 Å². The van der Waals surface area contributed by atoms with Crippen LogP contribution in [0.3, 0.4) is 0 Å². The van der Waals surface area contributed by atoms with Crippen LogP contribution in [0.15, 0.2) is 0 Å². The summed E-state index contributed by atoms with van der Waals surface area (Å²) in [6.07, 6.45) is 3.47. The number of hydrogen-bond acceptors (Lipinski definition) is 4. The van der Waals surface area contributed by atoms with Gasteiger partial charge in [0.25, 0.3) is 0 Å². The van der Waals surface area contributed by atoms with Gasteiger partial charge in [-0.25, -0.2) is 0 Å². The van der Waals surface area contributed by atoms with Gasteiger partial charge in [0.1, 0.15) is 11.1 Å². The van der Waals surface area contributed by atoms with E-state index in [-0.39, 0.29) is 6.10 Å². The van der Waals surface area contributed by atoms with Crippen molar-refractivity contribution in [3.63, 3.8) is 0 Å². The highest BCUT2D eigenvalue weighted by Crippen LogP contribution is 2.32. The van der Waals surface area contributed by atoms with Gasteiger partial charge in [-0.3, -0.25) is 0 Å². The monoisotopic (exact) mass is 293 g/mol. The molecule has 1 saturated carbocycles. The fraction of sp³-hybridized carbons (Fsp3) is 0.667. The van der Waals surface area contributed by atoms with Crippen LogP contribution in [-0.2, 0) is 0 Å². The predicted molar refractivity (Wildman–Crippen MR) is 84.0 cm³/mol. The molecule has 110 valence electrons. The summed E-state index contributed by atoms with van der Waals surface area (Å²) < 4.78 is 6.06. The van der Waals surface area contributed by atoms with Gasteiger partial charge in [-0.2, -0.15) is 5.10 Å². The summed E-state index contributed by atoms with van der Waals surface area (Å²) in [5.41, 5.74) is 8.35. The smallest absolute Gasteiger partial charge is 0.244 e. The van der Waals surface area contributed by atoms with Crippen LogP contribution in [0.25, 0.3) is 0 Å². The van der Waals surface area contributed by atoms with Crippen LogP contribution in [0, 0.1) is 25.7 Å². The number of nitrogens with two attached hydrogens (primary N) is 1. The summed E-state index contributed by atoms with van der Waals surface area (Å²) in [4.78, 5) is 0.327. The third-order valence-corrected chi connectivity index (χ3v) is 4.70. The van der Waals surface area contributed by atoms with Gasteiger partial charge in [-0.15, -0.1) is 5.10 Å². The molecule has 1 fully saturated rings.